The number of nitrogens with zero attached hydrogens (tertiary/aromatic N) is 2. The quantitative estimate of drug-likeness (QED) is 0.783. The van der Waals surface area contributed by atoms with Gasteiger partial charge in [0.1, 0.15) is 17.5 Å². The van der Waals surface area contributed by atoms with E-state index in [4.69, 9.17) is 0 Å². The number of benzene rings is 1. The van der Waals surface area contributed by atoms with Crippen LogP contribution in [0.4, 0.5) is 0 Å². The van der Waals surface area contributed by atoms with E-state index < -0.39 is 0 Å². The number of fused-ring (bicyclic) bond motifs is 3. The highest BCUT2D eigenvalue weighted by Gasteiger charge is 2.28. The van der Waals surface area contributed by atoms with E-state index in [1.165, 1.54) is 0 Å². The van der Waals surface area contributed by atoms with Crippen LogP contribution in [0.15, 0.2) is 48.8 Å². The van der Waals surface area contributed by atoms with E-state index in [2.05, 4.69) is 22.9 Å². The van der Waals surface area contributed by atoms with E-state index in [0.29, 0.717) is 12.8 Å². The van der Waals surface area contributed by atoms with Gasteiger partial charge in [0.25, 0.3) is 0 Å². The number of nitrogens with one attached hydrogen (secondary N) is 1. The minimum atomic E-state index is -0.293. The van der Waals surface area contributed by atoms with Gasteiger partial charge in [0.15, 0.2) is 0 Å². The molecule has 4 rings (SSSR count). The van der Waals surface area contributed by atoms with Crippen molar-refractivity contribution in [1.82, 2.24) is 14.9 Å². The third kappa shape index (κ3) is 2.79. The number of pyridine rings is 1. The number of amides is 1. The first kappa shape index (κ1) is 16.5. The molecule has 1 N–H and O–H groups in total. The molecule has 0 bridgehead atoms. The molecule has 5 heteroatoms. The van der Waals surface area contributed by atoms with E-state index in [0.717, 1.165) is 46.0 Å². The number of allylic oxidation sites excluding steroid dienone is 1. The molecule has 1 amide bonds. The van der Waals surface area contributed by atoms with Crippen molar-refractivity contribution < 1.29 is 9.59 Å². The van der Waals surface area contributed by atoms with Gasteiger partial charge in [0.2, 0.25) is 5.91 Å². The Morgan fingerprint density at radius 3 is 2.96 bits per heavy atom. The smallest absolute Gasteiger partial charge is 0.247 e. The maximum absolute atomic E-state index is 12.6. The molecule has 3 aromatic rings. The second kappa shape index (κ2) is 6.41. The summed E-state index contributed by atoms with van der Waals surface area (Å²) in [4.78, 5) is 28.4. The number of carbonyl (C=O) groups excluding carboxylic acids is 2. The summed E-state index contributed by atoms with van der Waals surface area (Å²) in [5, 5.41) is 4.98. The fraction of sp³-hybridized carbons (Fsp3) is 0.286. The zero-order valence-corrected chi connectivity index (χ0v) is 14.8. The van der Waals surface area contributed by atoms with Gasteiger partial charge in [-0.1, -0.05) is 12.6 Å². The Labute approximate surface area is 151 Å². The van der Waals surface area contributed by atoms with Crippen molar-refractivity contribution in [2.24, 2.45) is 0 Å². The lowest BCUT2D eigenvalue weighted by Crippen LogP contribution is -2.36. The van der Waals surface area contributed by atoms with Crippen molar-refractivity contribution in [2.45, 2.75) is 38.6 Å². The van der Waals surface area contributed by atoms with E-state index in [9.17, 15) is 9.59 Å². The zero-order valence-electron chi connectivity index (χ0n) is 14.8. The third-order valence-electron chi connectivity index (χ3n) is 5.03. The van der Waals surface area contributed by atoms with Gasteiger partial charge in [-0.2, -0.15) is 0 Å². The average molecular weight is 347 g/mol. The predicted molar refractivity (Wildman–Crippen MR) is 102 cm³/mol. The van der Waals surface area contributed by atoms with Crippen LogP contribution in [0.5, 0.6) is 0 Å². The topological polar surface area (TPSA) is 64.0 Å². The Morgan fingerprint density at radius 1 is 1.35 bits per heavy atom. The van der Waals surface area contributed by atoms with E-state index in [-0.39, 0.29) is 17.7 Å². The molecule has 1 aliphatic heterocycles. The van der Waals surface area contributed by atoms with Gasteiger partial charge in [-0.15, -0.1) is 0 Å². The molecule has 0 spiro atoms. The molecule has 1 aromatic carbocycles. The lowest BCUT2D eigenvalue weighted by molar-refractivity contribution is -0.124. The number of rotatable bonds is 4. The van der Waals surface area contributed by atoms with Gasteiger partial charge in [-0.05, 0) is 56.0 Å². The first-order valence-electron chi connectivity index (χ1n) is 8.90. The van der Waals surface area contributed by atoms with Crippen LogP contribution in [0.3, 0.4) is 0 Å². The van der Waals surface area contributed by atoms with Crippen molar-refractivity contribution in [3.05, 3.63) is 54.4 Å². The molecular weight excluding hydrogens is 326 g/mol. The van der Waals surface area contributed by atoms with Crippen molar-refractivity contribution in [1.29, 1.82) is 0 Å². The minimum Gasteiger partial charge on any atom is -0.329 e. The van der Waals surface area contributed by atoms with Crippen LogP contribution in [0.2, 0.25) is 0 Å². The Morgan fingerprint density at radius 2 is 2.19 bits per heavy atom. The van der Waals surface area contributed by atoms with Gasteiger partial charge < -0.3 is 14.7 Å². The molecule has 0 saturated carbocycles. The summed E-state index contributed by atoms with van der Waals surface area (Å²) in [6.07, 6.45) is 4.50. The summed E-state index contributed by atoms with van der Waals surface area (Å²) in [5.74, 6) is 0.152. The molecule has 1 unspecified atom stereocenters. The highest BCUT2D eigenvalue weighted by Crippen LogP contribution is 2.34. The summed E-state index contributed by atoms with van der Waals surface area (Å²) < 4.78 is 2.04. The second-order valence-corrected chi connectivity index (χ2v) is 6.95. The van der Waals surface area contributed by atoms with Crippen molar-refractivity contribution in [2.75, 3.05) is 0 Å². The molecule has 5 nitrogen and oxygen atoms in total. The third-order valence-corrected chi connectivity index (χ3v) is 5.03. The number of Topliss-reactive ketones (excluding diaryl/α,β-unsaturated/α-hetero) is 1. The van der Waals surface area contributed by atoms with E-state index >= 15 is 0 Å². The second-order valence-electron chi connectivity index (χ2n) is 6.95. The van der Waals surface area contributed by atoms with Crippen molar-refractivity contribution >= 4 is 33.6 Å². The normalized spacial score (nSPS) is 17.7. The molecular formula is C21H21N3O2. The number of ketones is 1. The molecule has 1 fully saturated rings. The standard InChI is InChI=1S/C21H21N3O2/c1-13-5-9-19(21(26)23-13)24-18-10-8-15(7-6-14(2)25)12-17(18)16-4-3-11-22-20(16)24/h3-4,8,10-12,19H,1,5-7,9H2,2H3,(H,23,26). The van der Waals surface area contributed by atoms with Gasteiger partial charge in [0.05, 0.1) is 5.52 Å². The fourth-order valence-electron chi connectivity index (χ4n) is 3.72. The number of aryl methyl sites for hydroxylation is 1. The molecule has 1 atom stereocenters. The van der Waals surface area contributed by atoms with Crippen LogP contribution in [0.25, 0.3) is 21.9 Å². The number of hydrogen-bond donors (Lipinski definition) is 1. The van der Waals surface area contributed by atoms with Crippen molar-refractivity contribution in [3.8, 4) is 0 Å². The first-order valence-corrected chi connectivity index (χ1v) is 8.90. The van der Waals surface area contributed by atoms with Crippen LogP contribution < -0.4 is 5.32 Å². The first-order chi connectivity index (χ1) is 12.5. The number of piperidine rings is 1. The molecule has 26 heavy (non-hydrogen) atoms. The summed E-state index contributed by atoms with van der Waals surface area (Å²) in [6.45, 7) is 5.48. The minimum absolute atomic E-state index is 0.0358. The number of hydrogen-bond acceptors (Lipinski definition) is 3. The van der Waals surface area contributed by atoms with Crippen LogP contribution in [-0.2, 0) is 16.0 Å². The molecule has 3 heterocycles. The van der Waals surface area contributed by atoms with Crippen molar-refractivity contribution in [3.63, 3.8) is 0 Å². The average Bonchev–Trinajstić information content (AvgIpc) is 2.94. The van der Waals surface area contributed by atoms with Gasteiger partial charge in [-0.3, -0.25) is 4.79 Å². The SMILES string of the molecule is C=C1CCC(n2c3ccc(CCC(C)=O)cc3c3cccnc32)C(=O)N1. The van der Waals surface area contributed by atoms with Gasteiger partial charge in [-0.25, -0.2) is 4.98 Å². The Balaban J connectivity index is 1.87. The number of carbonyl (C=O) groups is 2. The molecule has 132 valence electrons. The highest BCUT2D eigenvalue weighted by molar-refractivity contribution is 6.08. The Hall–Kier alpha value is -2.95. The molecule has 2 aromatic heterocycles. The summed E-state index contributed by atoms with van der Waals surface area (Å²) in [6, 6.07) is 9.87. The molecule has 0 radical (unpaired) electrons. The molecule has 1 aliphatic rings. The monoisotopic (exact) mass is 347 g/mol. The van der Waals surface area contributed by atoms with Crippen LogP contribution in [0, 0.1) is 0 Å². The lowest BCUT2D eigenvalue weighted by Gasteiger charge is -2.25. The van der Waals surface area contributed by atoms with E-state index in [1.54, 1.807) is 13.1 Å². The molecule has 0 aliphatic carbocycles. The Kier molecular flexibility index (Phi) is 4.07. The van der Waals surface area contributed by atoms with Crippen LogP contribution in [0.1, 0.15) is 37.8 Å². The summed E-state index contributed by atoms with van der Waals surface area (Å²) in [5.41, 5.74) is 3.71. The zero-order chi connectivity index (χ0) is 18.3. The highest BCUT2D eigenvalue weighted by atomic mass is 16.2. The van der Waals surface area contributed by atoms with Crippen LogP contribution in [-0.4, -0.2) is 21.2 Å². The molecule has 1 saturated heterocycles. The van der Waals surface area contributed by atoms with Gasteiger partial charge in [0, 0.05) is 29.1 Å². The fourth-order valence-corrected chi connectivity index (χ4v) is 3.72. The summed E-state index contributed by atoms with van der Waals surface area (Å²) in [7, 11) is 0. The van der Waals surface area contributed by atoms with Crippen LogP contribution >= 0.6 is 0 Å². The largest absolute Gasteiger partial charge is 0.329 e. The Bertz CT molecular complexity index is 1050. The predicted octanol–water partition coefficient (Wildman–Crippen LogP) is 3.68. The summed E-state index contributed by atoms with van der Waals surface area (Å²) >= 11 is 0. The number of aromatic nitrogens is 2. The van der Waals surface area contributed by atoms with E-state index in [1.807, 2.05) is 28.8 Å². The lowest BCUT2D eigenvalue weighted by atomic mass is 10.0. The maximum Gasteiger partial charge on any atom is 0.247 e. The maximum atomic E-state index is 12.6. The van der Waals surface area contributed by atoms with Gasteiger partial charge >= 0.3 is 0 Å².